The number of hydrogen-bond acceptors (Lipinski definition) is 3. The van der Waals surface area contributed by atoms with Gasteiger partial charge in [0.25, 0.3) is 5.91 Å². The van der Waals surface area contributed by atoms with Crippen LogP contribution in [-0.4, -0.2) is 41.7 Å². The first-order chi connectivity index (χ1) is 11.1. The van der Waals surface area contributed by atoms with E-state index in [4.69, 9.17) is 16.3 Å². The van der Waals surface area contributed by atoms with E-state index >= 15 is 0 Å². The molecule has 0 spiro atoms. The largest absolute Gasteiger partial charge is 0.496 e. The van der Waals surface area contributed by atoms with Gasteiger partial charge in [0.05, 0.1) is 18.2 Å². The second-order valence-corrected chi connectivity index (χ2v) is 6.95. The summed E-state index contributed by atoms with van der Waals surface area (Å²) in [5, 5.41) is 10.8. The third-order valence-corrected chi connectivity index (χ3v) is 5.56. The summed E-state index contributed by atoms with van der Waals surface area (Å²) >= 11 is 6.27. The van der Waals surface area contributed by atoms with E-state index in [0.717, 1.165) is 45.1 Å². The van der Waals surface area contributed by atoms with Crippen LogP contribution in [0, 0.1) is 5.92 Å². The lowest BCUT2D eigenvalue weighted by Crippen LogP contribution is -2.45. The molecule has 23 heavy (non-hydrogen) atoms. The number of aliphatic hydroxyl groups excluding tert-OH is 1. The summed E-state index contributed by atoms with van der Waals surface area (Å²) in [5.74, 6) is 0.619. The highest BCUT2D eigenvalue weighted by molar-refractivity contribution is 6.34. The van der Waals surface area contributed by atoms with E-state index < -0.39 is 0 Å². The number of carbonyl (C=O) groups excluding carboxylic acids is 1. The van der Waals surface area contributed by atoms with Crippen LogP contribution in [0.2, 0.25) is 5.02 Å². The highest BCUT2D eigenvalue weighted by atomic mass is 35.5. The lowest BCUT2D eigenvalue weighted by molar-refractivity contribution is 0.0210. The monoisotopic (exact) mass is 337 g/mol. The number of nitrogens with zero attached hydrogens (tertiary/aromatic N) is 1. The Morgan fingerprint density at radius 1 is 1.26 bits per heavy atom. The van der Waals surface area contributed by atoms with Crippen molar-refractivity contribution < 1.29 is 14.6 Å². The van der Waals surface area contributed by atoms with Crippen LogP contribution in [0.5, 0.6) is 5.75 Å². The van der Waals surface area contributed by atoms with Crippen LogP contribution < -0.4 is 4.74 Å². The van der Waals surface area contributed by atoms with Gasteiger partial charge in [-0.3, -0.25) is 4.79 Å². The lowest BCUT2D eigenvalue weighted by atomic mass is 9.80. The van der Waals surface area contributed by atoms with Crippen molar-refractivity contribution in [1.29, 1.82) is 0 Å². The summed E-state index contributed by atoms with van der Waals surface area (Å²) in [7, 11) is 1.55. The molecule has 1 N–H and O–H groups in total. The quantitative estimate of drug-likeness (QED) is 0.918. The molecule has 1 amide bonds. The average molecular weight is 338 g/mol. The number of halogens is 1. The summed E-state index contributed by atoms with van der Waals surface area (Å²) in [6.07, 6.45) is 5.70. The molecule has 1 aliphatic heterocycles. The summed E-state index contributed by atoms with van der Waals surface area (Å²) in [6.45, 7) is 0.723. The molecule has 0 bridgehead atoms. The fraction of sp³-hybridized carbons (Fsp3) is 0.611. The minimum absolute atomic E-state index is 0.0762. The van der Waals surface area contributed by atoms with Gasteiger partial charge in [-0.2, -0.15) is 0 Å². The molecular weight excluding hydrogens is 314 g/mol. The third kappa shape index (κ3) is 3.20. The molecule has 4 nitrogen and oxygen atoms in total. The average Bonchev–Trinajstić information content (AvgIpc) is 3.03. The van der Waals surface area contributed by atoms with Gasteiger partial charge in [-0.1, -0.05) is 30.5 Å². The van der Waals surface area contributed by atoms with Crippen molar-refractivity contribution in [2.24, 2.45) is 5.92 Å². The van der Waals surface area contributed by atoms with Crippen LogP contribution in [0.25, 0.3) is 0 Å². The molecule has 1 saturated heterocycles. The smallest absolute Gasteiger partial charge is 0.259 e. The van der Waals surface area contributed by atoms with Gasteiger partial charge < -0.3 is 14.7 Å². The number of hydrogen-bond donors (Lipinski definition) is 1. The molecule has 1 aromatic carbocycles. The third-order valence-electron chi connectivity index (χ3n) is 5.25. The Labute approximate surface area is 142 Å². The molecule has 3 rings (SSSR count). The van der Waals surface area contributed by atoms with Gasteiger partial charge in [0.15, 0.2) is 0 Å². The Kier molecular flexibility index (Phi) is 5.12. The van der Waals surface area contributed by atoms with Crippen molar-refractivity contribution >= 4 is 17.5 Å². The maximum atomic E-state index is 13.1. The summed E-state index contributed by atoms with van der Waals surface area (Å²) in [6, 6.07) is 5.38. The van der Waals surface area contributed by atoms with Crippen molar-refractivity contribution in [3.8, 4) is 5.75 Å². The maximum Gasteiger partial charge on any atom is 0.259 e. The Balaban J connectivity index is 1.86. The van der Waals surface area contributed by atoms with Crippen LogP contribution in [0.1, 0.15) is 48.9 Å². The van der Waals surface area contributed by atoms with E-state index in [1.807, 2.05) is 4.90 Å². The highest BCUT2D eigenvalue weighted by Crippen LogP contribution is 2.37. The fourth-order valence-electron chi connectivity index (χ4n) is 4.10. The number of benzene rings is 1. The molecule has 126 valence electrons. The summed E-state index contributed by atoms with van der Waals surface area (Å²) in [5.41, 5.74) is 0.439. The topological polar surface area (TPSA) is 49.8 Å². The maximum absolute atomic E-state index is 13.1. The molecular formula is C18H24ClNO3. The number of rotatable bonds is 3. The SMILES string of the molecule is COc1cccc(Cl)c1C(=O)N1CCC[C@@H]1[C@@H]1CCCC[C@H]1O. The second kappa shape index (κ2) is 7.10. The van der Waals surface area contributed by atoms with E-state index in [1.54, 1.807) is 25.3 Å². The fourth-order valence-corrected chi connectivity index (χ4v) is 4.35. The Morgan fingerprint density at radius 2 is 2.04 bits per heavy atom. The molecule has 0 radical (unpaired) electrons. The first-order valence-corrected chi connectivity index (χ1v) is 8.83. The van der Waals surface area contributed by atoms with Crippen molar-refractivity contribution in [2.75, 3.05) is 13.7 Å². The molecule has 1 heterocycles. The van der Waals surface area contributed by atoms with Gasteiger partial charge in [-0.25, -0.2) is 0 Å². The molecule has 0 unspecified atom stereocenters. The van der Waals surface area contributed by atoms with Crippen LogP contribution >= 0.6 is 11.6 Å². The van der Waals surface area contributed by atoms with Gasteiger partial charge in [0, 0.05) is 18.5 Å². The minimum Gasteiger partial charge on any atom is -0.496 e. The number of aliphatic hydroxyl groups is 1. The van der Waals surface area contributed by atoms with Gasteiger partial charge in [-0.05, 0) is 37.8 Å². The van der Waals surface area contributed by atoms with Gasteiger partial charge in [0.2, 0.25) is 0 Å². The van der Waals surface area contributed by atoms with Crippen molar-refractivity contribution in [1.82, 2.24) is 4.90 Å². The zero-order chi connectivity index (χ0) is 16.4. The second-order valence-electron chi connectivity index (χ2n) is 6.54. The van der Waals surface area contributed by atoms with E-state index in [0.29, 0.717) is 16.3 Å². The van der Waals surface area contributed by atoms with Gasteiger partial charge in [0.1, 0.15) is 11.3 Å². The van der Waals surface area contributed by atoms with E-state index in [1.165, 1.54) is 0 Å². The molecule has 1 saturated carbocycles. The molecule has 2 fully saturated rings. The molecule has 0 aromatic heterocycles. The first kappa shape index (κ1) is 16.6. The Bertz CT molecular complexity index is 577. The standard InChI is InChI=1S/C18H24ClNO3/c1-23-16-10-4-7-13(19)17(16)18(22)20-11-5-8-14(20)12-6-2-3-9-15(12)21/h4,7,10,12,14-15,21H,2-3,5-6,8-9,11H2,1H3/t12-,14+,15+/m0/s1. The van der Waals surface area contributed by atoms with Crippen LogP contribution in [-0.2, 0) is 0 Å². The molecule has 5 heteroatoms. The predicted molar refractivity (Wildman–Crippen MR) is 90.0 cm³/mol. The molecule has 1 aliphatic carbocycles. The van der Waals surface area contributed by atoms with Crippen molar-refractivity contribution in [3.05, 3.63) is 28.8 Å². The molecule has 2 aliphatic rings. The predicted octanol–water partition coefficient (Wildman–Crippen LogP) is 3.50. The van der Waals surface area contributed by atoms with Crippen molar-refractivity contribution in [2.45, 2.75) is 50.7 Å². The number of methoxy groups -OCH3 is 1. The van der Waals surface area contributed by atoms with E-state index in [2.05, 4.69) is 0 Å². The number of likely N-dealkylation sites (tertiary alicyclic amines) is 1. The first-order valence-electron chi connectivity index (χ1n) is 8.45. The molecule has 3 atom stereocenters. The van der Waals surface area contributed by atoms with Crippen LogP contribution in [0.15, 0.2) is 18.2 Å². The normalized spacial score (nSPS) is 28.0. The van der Waals surface area contributed by atoms with E-state index in [-0.39, 0.29) is 24.0 Å². The molecule has 1 aromatic rings. The Hall–Kier alpha value is -1.26. The van der Waals surface area contributed by atoms with Gasteiger partial charge in [-0.15, -0.1) is 0 Å². The van der Waals surface area contributed by atoms with Crippen molar-refractivity contribution in [3.63, 3.8) is 0 Å². The summed E-state index contributed by atoms with van der Waals surface area (Å²) in [4.78, 5) is 15.0. The number of carbonyl (C=O) groups is 1. The van der Waals surface area contributed by atoms with Crippen LogP contribution in [0.4, 0.5) is 0 Å². The highest BCUT2D eigenvalue weighted by Gasteiger charge is 2.40. The zero-order valence-electron chi connectivity index (χ0n) is 13.5. The number of ether oxygens (including phenoxy) is 1. The minimum atomic E-state index is -0.296. The van der Waals surface area contributed by atoms with Crippen LogP contribution in [0.3, 0.4) is 0 Å². The Morgan fingerprint density at radius 3 is 2.78 bits per heavy atom. The summed E-state index contributed by atoms with van der Waals surface area (Å²) < 4.78 is 5.33. The number of amides is 1. The lowest BCUT2D eigenvalue weighted by Gasteiger charge is -2.37. The van der Waals surface area contributed by atoms with Gasteiger partial charge >= 0.3 is 0 Å². The zero-order valence-corrected chi connectivity index (χ0v) is 14.3. The van der Waals surface area contributed by atoms with E-state index in [9.17, 15) is 9.90 Å².